The second-order valence-electron chi connectivity index (χ2n) is 4.55. The zero-order valence-corrected chi connectivity index (χ0v) is 12.8. The summed E-state index contributed by atoms with van der Waals surface area (Å²) in [6.45, 7) is 0.250. The standard InChI is InChI=1S/C13H13ClN2O4S/c1-20-13(17)12-3-2-6-16(12)21(18,19)10-5-4-9(8-15)11(14)7-10/h4-5,7,12H,2-3,6H2,1H3. The maximum absolute atomic E-state index is 12.6. The molecule has 2 rings (SSSR count). The molecule has 0 radical (unpaired) electrons. The van der Waals surface area contributed by atoms with E-state index in [1.807, 2.05) is 6.07 Å². The van der Waals surface area contributed by atoms with E-state index in [9.17, 15) is 13.2 Å². The SMILES string of the molecule is COC(=O)C1CCCN1S(=O)(=O)c1ccc(C#N)c(Cl)c1. The first-order chi connectivity index (χ1) is 9.91. The number of halogens is 1. The van der Waals surface area contributed by atoms with Gasteiger partial charge in [-0.3, -0.25) is 4.79 Å². The van der Waals surface area contributed by atoms with Crippen LogP contribution < -0.4 is 0 Å². The molecular formula is C13H13ClN2O4S. The van der Waals surface area contributed by atoms with Crippen LogP contribution in [0.15, 0.2) is 23.1 Å². The van der Waals surface area contributed by atoms with Crippen LogP contribution in [0.2, 0.25) is 5.02 Å². The third-order valence-electron chi connectivity index (χ3n) is 3.34. The molecule has 0 aliphatic carbocycles. The van der Waals surface area contributed by atoms with Crippen molar-refractivity contribution in [3.8, 4) is 6.07 Å². The summed E-state index contributed by atoms with van der Waals surface area (Å²) in [7, 11) is -2.63. The Labute approximate surface area is 127 Å². The molecule has 1 atom stereocenters. The number of carbonyl (C=O) groups is 1. The van der Waals surface area contributed by atoms with E-state index in [4.69, 9.17) is 16.9 Å². The smallest absolute Gasteiger partial charge is 0.324 e. The number of nitrogens with zero attached hydrogens (tertiary/aromatic N) is 2. The average Bonchev–Trinajstić information content (AvgIpc) is 2.96. The van der Waals surface area contributed by atoms with Crippen molar-refractivity contribution in [2.24, 2.45) is 0 Å². The first-order valence-corrected chi connectivity index (χ1v) is 8.03. The molecule has 0 N–H and O–H groups in total. The molecule has 8 heteroatoms. The number of nitriles is 1. The Hall–Kier alpha value is -1.62. The lowest BCUT2D eigenvalue weighted by Crippen LogP contribution is -2.41. The van der Waals surface area contributed by atoms with Crippen molar-refractivity contribution < 1.29 is 17.9 Å². The van der Waals surface area contributed by atoms with E-state index in [1.54, 1.807) is 0 Å². The van der Waals surface area contributed by atoms with Gasteiger partial charge in [0.25, 0.3) is 0 Å². The summed E-state index contributed by atoms with van der Waals surface area (Å²) in [5.41, 5.74) is 0.196. The zero-order chi connectivity index (χ0) is 15.6. The predicted octanol–water partition coefficient (Wildman–Crippen LogP) is 1.54. The average molecular weight is 329 g/mol. The molecule has 6 nitrogen and oxygen atoms in total. The second-order valence-corrected chi connectivity index (χ2v) is 6.85. The minimum absolute atomic E-state index is 0.0395. The molecule has 1 aromatic rings. The number of rotatable bonds is 3. The van der Waals surface area contributed by atoms with Gasteiger partial charge in [-0.1, -0.05) is 11.6 Å². The highest BCUT2D eigenvalue weighted by atomic mass is 35.5. The van der Waals surface area contributed by atoms with E-state index in [-0.39, 0.29) is 22.0 Å². The Bertz CT molecular complexity index is 711. The van der Waals surface area contributed by atoms with E-state index in [0.717, 1.165) is 4.31 Å². The lowest BCUT2D eigenvalue weighted by molar-refractivity contribution is -0.144. The van der Waals surface area contributed by atoms with Gasteiger partial charge < -0.3 is 4.74 Å². The topological polar surface area (TPSA) is 87.5 Å². The highest BCUT2D eigenvalue weighted by Crippen LogP contribution is 2.29. The number of benzene rings is 1. The molecule has 1 saturated heterocycles. The molecule has 21 heavy (non-hydrogen) atoms. The molecule has 0 amide bonds. The van der Waals surface area contributed by atoms with E-state index in [2.05, 4.69) is 4.74 Å². The van der Waals surface area contributed by atoms with Crippen LogP contribution in [0.25, 0.3) is 0 Å². The van der Waals surface area contributed by atoms with Gasteiger partial charge in [-0.2, -0.15) is 9.57 Å². The largest absolute Gasteiger partial charge is 0.468 e. The number of sulfonamides is 1. The molecule has 1 heterocycles. The monoisotopic (exact) mass is 328 g/mol. The van der Waals surface area contributed by atoms with Crippen LogP contribution in [-0.2, 0) is 19.6 Å². The number of hydrogen-bond donors (Lipinski definition) is 0. The summed E-state index contributed by atoms with van der Waals surface area (Å²) in [6, 6.07) is 4.94. The molecule has 0 spiro atoms. The van der Waals surface area contributed by atoms with E-state index < -0.39 is 22.0 Å². The van der Waals surface area contributed by atoms with Crippen LogP contribution in [0, 0.1) is 11.3 Å². The van der Waals surface area contributed by atoms with Crippen molar-refractivity contribution in [2.45, 2.75) is 23.8 Å². The Kier molecular flexibility index (Phi) is 4.52. The van der Waals surface area contributed by atoms with Crippen LogP contribution in [0.3, 0.4) is 0 Å². The minimum Gasteiger partial charge on any atom is -0.468 e. The molecule has 1 aromatic carbocycles. The summed E-state index contributed by atoms with van der Waals surface area (Å²) >= 11 is 5.87. The number of carbonyl (C=O) groups excluding carboxylic acids is 1. The Morgan fingerprint density at radius 3 is 2.81 bits per heavy atom. The maximum Gasteiger partial charge on any atom is 0.324 e. The zero-order valence-electron chi connectivity index (χ0n) is 11.2. The van der Waals surface area contributed by atoms with Crippen LogP contribution >= 0.6 is 11.6 Å². The predicted molar refractivity (Wildman–Crippen MR) is 75.1 cm³/mol. The molecule has 1 aliphatic heterocycles. The van der Waals surface area contributed by atoms with E-state index in [1.165, 1.54) is 25.3 Å². The van der Waals surface area contributed by atoms with Crippen LogP contribution in [-0.4, -0.2) is 38.4 Å². The number of hydrogen-bond acceptors (Lipinski definition) is 5. The van der Waals surface area contributed by atoms with Crippen LogP contribution in [0.4, 0.5) is 0 Å². The highest BCUT2D eigenvalue weighted by Gasteiger charge is 2.40. The number of ether oxygens (including phenoxy) is 1. The lowest BCUT2D eigenvalue weighted by atomic mass is 10.2. The van der Waals surface area contributed by atoms with Gasteiger partial charge in [-0.15, -0.1) is 0 Å². The fourth-order valence-corrected chi connectivity index (χ4v) is 4.24. The van der Waals surface area contributed by atoms with Crippen molar-refractivity contribution in [2.75, 3.05) is 13.7 Å². The Morgan fingerprint density at radius 2 is 2.24 bits per heavy atom. The summed E-state index contributed by atoms with van der Waals surface area (Å²) in [4.78, 5) is 11.6. The van der Waals surface area contributed by atoms with Gasteiger partial charge >= 0.3 is 5.97 Å². The van der Waals surface area contributed by atoms with Crippen LogP contribution in [0.5, 0.6) is 0 Å². The fraction of sp³-hybridized carbons (Fsp3) is 0.385. The Balaban J connectivity index is 2.40. The van der Waals surface area contributed by atoms with Crippen molar-refractivity contribution >= 4 is 27.6 Å². The maximum atomic E-state index is 12.6. The molecule has 1 fully saturated rings. The van der Waals surface area contributed by atoms with Crippen molar-refractivity contribution in [1.29, 1.82) is 5.26 Å². The number of methoxy groups -OCH3 is 1. The first-order valence-electron chi connectivity index (χ1n) is 6.21. The molecule has 0 bridgehead atoms. The summed E-state index contributed by atoms with van der Waals surface area (Å²) in [5, 5.41) is 8.88. The second kappa shape index (κ2) is 6.02. The van der Waals surface area contributed by atoms with Crippen molar-refractivity contribution in [3.05, 3.63) is 28.8 Å². The van der Waals surface area contributed by atoms with Gasteiger partial charge in [-0.25, -0.2) is 8.42 Å². The van der Waals surface area contributed by atoms with E-state index >= 15 is 0 Å². The van der Waals surface area contributed by atoms with Gasteiger partial charge in [0.15, 0.2) is 0 Å². The third-order valence-corrected chi connectivity index (χ3v) is 5.56. The summed E-state index contributed by atoms with van der Waals surface area (Å²) in [6.07, 6.45) is 1.01. The molecule has 0 aromatic heterocycles. The lowest BCUT2D eigenvalue weighted by Gasteiger charge is -2.22. The minimum atomic E-state index is -3.85. The quantitative estimate of drug-likeness (QED) is 0.785. The molecule has 1 aliphatic rings. The first kappa shape index (κ1) is 15.8. The summed E-state index contributed by atoms with van der Waals surface area (Å²) < 4.78 is 31.0. The third kappa shape index (κ3) is 2.88. The van der Waals surface area contributed by atoms with Gasteiger partial charge in [0.05, 0.1) is 22.6 Å². The van der Waals surface area contributed by atoms with Crippen LogP contribution in [0.1, 0.15) is 18.4 Å². The molecule has 1 unspecified atom stereocenters. The van der Waals surface area contributed by atoms with Crippen molar-refractivity contribution in [1.82, 2.24) is 4.31 Å². The van der Waals surface area contributed by atoms with Gasteiger partial charge in [0.1, 0.15) is 12.1 Å². The Morgan fingerprint density at radius 1 is 1.52 bits per heavy atom. The summed E-state index contributed by atoms with van der Waals surface area (Å²) in [5.74, 6) is -0.573. The highest BCUT2D eigenvalue weighted by molar-refractivity contribution is 7.89. The molecular weight excluding hydrogens is 316 g/mol. The fourth-order valence-electron chi connectivity index (χ4n) is 2.28. The van der Waals surface area contributed by atoms with Gasteiger partial charge in [0, 0.05) is 6.54 Å². The number of esters is 1. The van der Waals surface area contributed by atoms with Crippen molar-refractivity contribution in [3.63, 3.8) is 0 Å². The molecule has 0 saturated carbocycles. The van der Waals surface area contributed by atoms with E-state index in [0.29, 0.717) is 12.8 Å². The normalized spacial score (nSPS) is 19.2. The van der Waals surface area contributed by atoms with Gasteiger partial charge in [0.2, 0.25) is 10.0 Å². The molecule has 112 valence electrons. The van der Waals surface area contributed by atoms with Gasteiger partial charge in [-0.05, 0) is 31.0 Å².